The molecule has 1 aromatic carbocycles. The summed E-state index contributed by atoms with van der Waals surface area (Å²) in [7, 11) is 0. The van der Waals surface area contributed by atoms with Crippen LogP contribution in [0, 0.1) is 11.3 Å². The zero-order valence-electron chi connectivity index (χ0n) is 19.6. The van der Waals surface area contributed by atoms with Crippen LogP contribution in [0.3, 0.4) is 0 Å². The average molecular weight is 455 g/mol. The number of hydrogen-bond acceptors (Lipinski definition) is 5. The smallest absolute Gasteiger partial charge is 0.257 e. The number of carbonyl (C=O) groups is 1. The van der Waals surface area contributed by atoms with E-state index in [0.717, 1.165) is 30.0 Å². The zero-order chi connectivity index (χ0) is 23.5. The van der Waals surface area contributed by atoms with Gasteiger partial charge in [-0.05, 0) is 55.5 Å². The van der Waals surface area contributed by atoms with Gasteiger partial charge in [0, 0.05) is 43.1 Å². The Kier molecular flexibility index (Phi) is 6.35. The SMILES string of the molecule is CC1CN(c2cccc(C3CCCCC3)c2-c2ncccc2C#N)CCN1C(=O)c1ccoc1. The maximum absolute atomic E-state index is 12.9. The van der Waals surface area contributed by atoms with E-state index in [9.17, 15) is 10.1 Å². The largest absolute Gasteiger partial charge is 0.472 e. The number of anilines is 1. The number of benzene rings is 1. The molecule has 1 unspecified atom stereocenters. The van der Waals surface area contributed by atoms with E-state index in [1.807, 2.05) is 17.0 Å². The second kappa shape index (κ2) is 9.72. The van der Waals surface area contributed by atoms with Gasteiger partial charge in [-0.15, -0.1) is 0 Å². The quantitative estimate of drug-likeness (QED) is 0.512. The Bertz CT molecular complexity index is 1190. The first-order valence-corrected chi connectivity index (χ1v) is 12.2. The van der Waals surface area contributed by atoms with Crippen molar-refractivity contribution in [3.63, 3.8) is 0 Å². The van der Waals surface area contributed by atoms with Crippen molar-refractivity contribution < 1.29 is 9.21 Å². The topological polar surface area (TPSA) is 73.4 Å². The van der Waals surface area contributed by atoms with Gasteiger partial charge in [0.25, 0.3) is 5.91 Å². The molecule has 1 aliphatic heterocycles. The van der Waals surface area contributed by atoms with E-state index in [2.05, 4.69) is 36.1 Å². The molecule has 174 valence electrons. The second-order valence-electron chi connectivity index (χ2n) is 9.39. The van der Waals surface area contributed by atoms with Gasteiger partial charge in [-0.1, -0.05) is 31.4 Å². The number of carbonyl (C=O) groups excluding carboxylic acids is 1. The summed E-state index contributed by atoms with van der Waals surface area (Å²) in [6.45, 7) is 4.17. The van der Waals surface area contributed by atoms with Gasteiger partial charge in [0.15, 0.2) is 0 Å². The lowest BCUT2D eigenvalue weighted by Gasteiger charge is -2.42. The summed E-state index contributed by atoms with van der Waals surface area (Å²) in [5, 5.41) is 9.86. The number of amides is 1. The van der Waals surface area contributed by atoms with Crippen molar-refractivity contribution in [2.75, 3.05) is 24.5 Å². The molecule has 1 atom stereocenters. The number of pyridine rings is 1. The van der Waals surface area contributed by atoms with Crippen LogP contribution < -0.4 is 4.90 Å². The molecule has 2 fully saturated rings. The van der Waals surface area contributed by atoms with Gasteiger partial charge in [-0.3, -0.25) is 9.78 Å². The molecule has 6 heteroatoms. The van der Waals surface area contributed by atoms with Crippen LogP contribution in [0.15, 0.2) is 59.5 Å². The molecule has 1 aliphatic carbocycles. The molecule has 3 heterocycles. The Morgan fingerprint density at radius 3 is 2.71 bits per heavy atom. The third-order valence-corrected chi connectivity index (χ3v) is 7.28. The molecule has 0 N–H and O–H groups in total. The minimum Gasteiger partial charge on any atom is -0.472 e. The predicted octanol–water partition coefficient (Wildman–Crippen LogP) is 5.61. The van der Waals surface area contributed by atoms with Crippen LogP contribution in [0.25, 0.3) is 11.3 Å². The molecule has 0 bridgehead atoms. The predicted molar refractivity (Wildman–Crippen MR) is 132 cm³/mol. The highest BCUT2D eigenvalue weighted by atomic mass is 16.3. The van der Waals surface area contributed by atoms with E-state index >= 15 is 0 Å². The first-order chi connectivity index (χ1) is 16.7. The molecule has 5 rings (SSSR count). The molecular formula is C28H30N4O2. The van der Waals surface area contributed by atoms with Crippen LogP contribution in [0.4, 0.5) is 5.69 Å². The fraction of sp³-hybridized carbons (Fsp3) is 0.393. The van der Waals surface area contributed by atoms with Crippen molar-refractivity contribution in [3.8, 4) is 17.3 Å². The van der Waals surface area contributed by atoms with Crippen LogP contribution in [-0.2, 0) is 0 Å². The highest BCUT2D eigenvalue weighted by Gasteiger charge is 2.31. The van der Waals surface area contributed by atoms with Crippen LogP contribution in [-0.4, -0.2) is 41.5 Å². The lowest BCUT2D eigenvalue weighted by molar-refractivity contribution is 0.0673. The highest BCUT2D eigenvalue weighted by Crippen LogP contribution is 2.43. The fourth-order valence-corrected chi connectivity index (χ4v) is 5.56. The third kappa shape index (κ3) is 4.19. The summed E-state index contributed by atoms with van der Waals surface area (Å²) >= 11 is 0. The van der Waals surface area contributed by atoms with Crippen molar-refractivity contribution >= 4 is 11.6 Å². The van der Waals surface area contributed by atoms with E-state index in [-0.39, 0.29) is 11.9 Å². The van der Waals surface area contributed by atoms with Crippen molar-refractivity contribution in [1.29, 1.82) is 5.26 Å². The highest BCUT2D eigenvalue weighted by molar-refractivity contribution is 5.94. The summed E-state index contributed by atoms with van der Waals surface area (Å²) in [6, 6.07) is 14.3. The van der Waals surface area contributed by atoms with E-state index in [4.69, 9.17) is 9.40 Å². The lowest BCUT2D eigenvalue weighted by Crippen LogP contribution is -2.54. The Morgan fingerprint density at radius 2 is 1.97 bits per heavy atom. The van der Waals surface area contributed by atoms with Crippen molar-refractivity contribution in [1.82, 2.24) is 9.88 Å². The minimum absolute atomic E-state index is 0.00794. The first kappa shape index (κ1) is 22.2. The lowest BCUT2D eigenvalue weighted by atomic mass is 9.80. The second-order valence-corrected chi connectivity index (χ2v) is 9.39. The molecule has 0 radical (unpaired) electrons. The van der Waals surface area contributed by atoms with Crippen molar-refractivity contribution in [2.24, 2.45) is 0 Å². The number of aromatic nitrogens is 1. The van der Waals surface area contributed by atoms with Crippen LogP contribution in [0.1, 0.15) is 66.4 Å². The van der Waals surface area contributed by atoms with Crippen molar-refractivity contribution in [3.05, 3.63) is 71.8 Å². The molecule has 3 aromatic rings. The Morgan fingerprint density at radius 1 is 1.12 bits per heavy atom. The molecular weight excluding hydrogens is 424 g/mol. The summed E-state index contributed by atoms with van der Waals surface area (Å²) in [5.74, 6) is 0.493. The van der Waals surface area contributed by atoms with Gasteiger partial charge in [0.2, 0.25) is 0 Å². The van der Waals surface area contributed by atoms with E-state index in [0.29, 0.717) is 23.6 Å². The van der Waals surface area contributed by atoms with Gasteiger partial charge >= 0.3 is 0 Å². The van der Waals surface area contributed by atoms with Crippen molar-refractivity contribution in [2.45, 2.75) is 51.0 Å². The molecule has 1 saturated carbocycles. The summed E-state index contributed by atoms with van der Waals surface area (Å²) in [4.78, 5) is 21.9. The maximum Gasteiger partial charge on any atom is 0.257 e. The fourth-order valence-electron chi connectivity index (χ4n) is 5.56. The summed E-state index contributed by atoms with van der Waals surface area (Å²) < 4.78 is 5.12. The van der Waals surface area contributed by atoms with Gasteiger partial charge < -0.3 is 14.2 Å². The molecule has 1 amide bonds. The molecule has 2 aromatic heterocycles. The third-order valence-electron chi connectivity index (χ3n) is 7.28. The number of hydrogen-bond donors (Lipinski definition) is 0. The first-order valence-electron chi connectivity index (χ1n) is 12.2. The molecule has 2 aliphatic rings. The molecule has 1 saturated heterocycles. The van der Waals surface area contributed by atoms with E-state index < -0.39 is 0 Å². The molecule has 34 heavy (non-hydrogen) atoms. The van der Waals surface area contributed by atoms with Crippen LogP contribution in [0.5, 0.6) is 0 Å². The average Bonchev–Trinajstić information content (AvgIpc) is 3.43. The van der Waals surface area contributed by atoms with Crippen LogP contribution >= 0.6 is 0 Å². The maximum atomic E-state index is 12.9. The molecule has 6 nitrogen and oxygen atoms in total. The van der Waals surface area contributed by atoms with Crippen LogP contribution in [0.2, 0.25) is 0 Å². The minimum atomic E-state index is 0.00794. The molecule has 0 spiro atoms. The van der Waals surface area contributed by atoms with Gasteiger partial charge in [0.1, 0.15) is 12.3 Å². The van der Waals surface area contributed by atoms with Gasteiger partial charge in [0.05, 0.1) is 23.1 Å². The number of nitrogens with zero attached hydrogens (tertiary/aromatic N) is 4. The number of piperazine rings is 1. The Labute approximate surface area is 200 Å². The monoisotopic (exact) mass is 454 g/mol. The van der Waals surface area contributed by atoms with Gasteiger partial charge in [-0.2, -0.15) is 5.26 Å². The standard InChI is InChI=1S/C28H30N4O2/c1-20-18-31(14-15-32(20)28(33)23-12-16-34-19-23)25-11-5-10-24(21-7-3-2-4-8-21)26(25)27-22(17-29)9-6-13-30-27/h5-6,9-13,16,19-21H,2-4,7-8,14-15,18H2,1H3. The number of furan rings is 1. The summed E-state index contributed by atoms with van der Waals surface area (Å²) in [5.41, 5.74) is 5.47. The van der Waals surface area contributed by atoms with E-state index in [1.165, 1.54) is 50.2 Å². The van der Waals surface area contributed by atoms with Gasteiger partial charge in [-0.25, -0.2) is 0 Å². The zero-order valence-corrected chi connectivity index (χ0v) is 19.6. The number of nitriles is 1. The normalized spacial score (nSPS) is 19.1. The summed E-state index contributed by atoms with van der Waals surface area (Å²) in [6.07, 6.45) is 11.0. The van der Waals surface area contributed by atoms with E-state index in [1.54, 1.807) is 12.3 Å². The Balaban J connectivity index is 1.52. The number of rotatable bonds is 4. The Hall–Kier alpha value is -3.59.